The molecule has 0 saturated carbocycles. The van der Waals surface area contributed by atoms with Crippen LogP contribution in [0.5, 0.6) is 0 Å². The number of rotatable bonds is 7. The van der Waals surface area contributed by atoms with Gasteiger partial charge in [-0.1, -0.05) is 80.6 Å². The minimum absolute atomic E-state index is 0. The van der Waals surface area contributed by atoms with E-state index in [0.717, 1.165) is 54.7 Å². The van der Waals surface area contributed by atoms with Crippen LogP contribution in [0.1, 0.15) is 25.8 Å². The predicted molar refractivity (Wildman–Crippen MR) is 136 cm³/mol. The lowest BCUT2D eigenvalue weighted by Crippen LogP contribution is -2.26. The molecule has 0 radical (unpaired) electrons. The second-order valence-corrected chi connectivity index (χ2v) is 7.68. The molecular weight excluding hydrogens is 396 g/mol. The van der Waals surface area contributed by atoms with Gasteiger partial charge in [0.15, 0.2) is 0 Å². The van der Waals surface area contributed by atoms with Gasteiger partial charge in [-0.05, 0) is 41.9 Å². The predicted octanol–water partition coefficient (Wildman–Crippen LogP) is 5.21. The Morgan fingerprint density at radius 2 is 1.44 bits per heavy atom. The van der Waals surface area contributed by atoms with E-state index in [4.69, 9.17) is 9.98 Å². The van der Waals surface area contributed by atoms with Gasteiger partial charge < -0.3 is 15.7 Å². The van der Waals surface area contributed by atoms with Crippen LogP contribution >= 0.6 is 0 Å². The number of likely N-dealkylation sites (N-methyl/N-ethyl adjacent to an activating group) is 1. The highest BCUT2D eigenvalue weighted by molar-refractivity contribution is 6.18. The maximum atomic E-state index is 5.00. The zero-order valence-corrected chi connectivity index (χ0v) is 18.9. The summed E-state index contributed by atoms with van der Waals surface area (Å²) >= 11 is 0. The summed E-state index contributed by atoms with van der Waals surface area (Å²) in [6.45, 7) is 8.25. The van der Waals surface area contributed by atoms with Gasteiger partial charge in [0.1, 0.15) is 5.84 Å². The first-order valence-electron chi connectivity index (χ1n) is 11.1. The van der Waals surface area contributed by atoms with Crippen LogP contribution in [0.2, 0.25) is 0 Å². The first kappa shape index (κ1) is 23.4. The second-order valence-electron chi connectivity index (χ2n) is 7.68. The molecule has 5 heteroatoms. The molecule has 0 atom stereocenters. The van der Waals surface area contributed by atoms with Crippen molar-refractivity contribution in [3.8, 4) is 11.1 Å². The molecule has 0 unspecified atom stereocenters. The molecular formula is C27H32N4O. The summed E-state index contributed by atoms with van der Waals surface area (Å²) in [7, 11) is 0. The molecule has 32 heavy (non-hydrogen) atoms. The minimum atomic E-state index is 0. The van der Waals surface area contributed by atoms with Crippen LogP contribution in [-0.4, -0.2) is 48.1 Å². The average Bonchev–Trinajstić information content (AvgIpc) is 3.02. The number of hydrogen-bond acceptors (Lipinski definition) is 3. The highest BCUT2D eigenvalue weighted by atomic mass is 16.0. The van der Waals surface area contributed by atoms with Gasteiger partial charge >= 0.3 is 0 Å². The Bertz CT molecular complexity index is 1050. The van der Waals surface area contributed by atoms with Gasteiger partial charge in [0.05, 0.1) is 23.6 Å². The molecule has 0 bridgehead atoms. The van der Waals surface area contributed by atoms with Crippen LogP contribution in [0.25, 0.3) is 11.1 Å². The van der Waals surface area contributed by atoms with Crippen molar-refractivity contribution in [2.45, 2.75) is 20.3 Å². The summed E-state index contributed by atoms with van der Waals surface area (Å²) < 4.78 is 0. The van der Waals surface area contributed by atoms with Crippen molar-refractivity contribution < 1.29 is 5.48 Å². The van der Waals surface area contributed by atoms with Crippen LogP contribution in [-0.2, 0) is 0 Å². The van der Waals surface area contributed by atoms with E-state index < -0.39 is 0 Å². The van der Waals surface area contributed by atoms with Crippen molar-refractivity contribution in [2.24, 2.45) is 9.98 Å². The number of benzene rings is 3. The van der Waals surface area contributed by atoms with E-state index in [1.165, 1.54) is 11.1 Å². The van der Waals surface area contributed by atoms with E-state index in [-0.39, 0.29) is 5.48 Å². The Kier molecular flexibility index (Phi) is 8.31. The van der Waals surface area contributed by atoms with Crippen molar-refractivity contribution in [3.05, 3.63) is 84.4 Å². The molecule has 0 amide bonds. The fraction of sp³-hybridized carbons (Fsp3) is 0.259. The van der Waals surface area contributed by atoms with Crippen LogP contribution in [0.15, 0.2) is 88.8 Å². The average molecular weight is 429 g/mol. The van der Waals surface area contributed by atoms with Crippen LogP contribution < -0.4 is 5.32 Å². The largest absolute Gasteiger partial charge is 0.412 e. The molecule has 0 aromatic heterocycles. The number of hydrogen-bond donors (Lipinski definition) is 1. The number of aliphatic imine (C=N–C) groups is 2. The smallest absolute Gasteiger partial charge is 0.107 e. The van der Waals surface area contributed by atoms with Gasteiger partial charge in [0.25, 0.3) is 0 Å². The first-order chi connectivity index (χ1) is 15.3. The van der Waals surface area contributed by atoms with Crippen molar-refractivity contribution >= 4 is 22.9 Å². The SMILES string of the molecule is CCN(CC)CCN=C1CC(c2ccc(-c3ccccc3)cc2)=Nc2ccccc2N1.O. The van der Waals surface area contributed by atoms with Crippen LogP contribution in [0.3, 0.4) is 0 Å². The third-order valence-electron chi connectivity index (χ3n) is 5.71. The molecule has 0 aliphatic carbocycles. The Balaban J connectivity index is 0.00000289. The van der Waals surface area contributed by atoms with Crippen molar-refractivity contribution in [1.82, 2.24) is 4.90 Å². The van der Waals surface area contributed by atoms with E-state index in [2.05, 4.69) is 84.7 Å². The number of para-hydroxylation sites is 2. The van der Waals surface area contributed by atoms with Crippen molar-refractivity contribution in [2.75, 3.05) is 31.5 Å². The van der Waals surface area contributed by atoms with Gasteiger partial charge in [-0.3, -0.25) is 9.98 Å². The van der Waals surface area contributed by atoms with E-state index >= 15 is 0 Å². The summed E-state index contributed by atoms with van der Waals surface area (Å²) in [5.41, 5.74) is 6.58. The Morgan fingerprint density at radius 1 is 0.812 bits per heavy atom. The summed E-state index contributed by atoms with van der Waals surface area (Å²) in [6.07, 6.45) is 0.692. The van der Waals surface area contributed by atoms with Crippen molar-refractivity contribution in [3.63, 3.8) is 0 Å². The normalized spacial score (nSPS) is 14.2. The standard InChI is InChI=1S/C27H30N4.H2O/c1-3-31(4-2)19-18-28-27-20-26(29-24-12-8-9-13-25(24)30-27)23-16-14-22(15-17-23)21-10-6-5-7-11-21;/h5-17H,3-4,18-20H2,1-2H3,(H,28,30);1H2. The number of anilines is 1. The van der Waals surface area contributed by atoms with Crippen LogP contribution in [0, 0.1) is 0 Å². The van der Waals surface area contributed by atoms with E-state index in [9.17, 15) is 0 Å². The maximum Gasteiger partial charge on any atom is 0.107 e. The molecule has 5 nitrogen and oxygen atoms in total. The van der Waals surface area contributed by atoms with Gasteiger partial charge in [-0.2, -0.15) is 0 Å². The lowest BCUT2D eigenvalue weighted by Gasteiger charge is -2.17. The molecule has 0 fully saturated rings. The summed E-state index contributed by atoms with van der Waals surface area (Å²) in [6, 6.07) is 27.3. The second kappa shape index (κ2) is 11.4. The zero-order chi connectivity index (χ0) is 21.5. The molecule has 3 N–H and O–H groups in total. The molecule has 0 spiro atoms. The lowest BCUT2D eigenvalue weighted by molar-refractivity contribution is 0.313. The quantitative estimate of drug-likeness (QED) is 0.561. The fourth-order valence-electron chi connectivity index (χ4n) is 3.83. The fourth-order valence-corrected chi connectivity index (χ4v) is 3.83. The molecule has 3 aromatic rings. The summed E-state index contributed by atoms with van der Waals surface area (Å²) in [5.74, 6) is 0.975. The third kappa shape index (κ3) is 5.69. The molecule has 1 aliphatic rings. The number of nitrogens with zero attached hydrogens (tertiary/aromatic N) is 3. The minimum Gasteiger partial charge on any atom is -0.412 e. The number of nitrogens with one attached hydrogen (secondary N) is 1. The van der Waals surface area contributed by atoms with E-state index in [1.54, 1.807) is 0 Å². The highest BCUT2D eigenvalue weighted by Gasteiger charge is 2.16. The van der Waals surface area contributed by atoms with Crippen LogP contribution in [0.4, 0.5) is 11.4 Å². The number of fused-ring (bicyclic) bond motifs is 1. The van der Waals surface area contributed by atoms with Gasteiger partial charge in [-0.25, -0.2) is 0 Å². The Labute approximate surface area is 190 Å². The summed E-state index contributed by atoms with van der Waals surface area (Å²) in [4.78, 5) is 12.3. The van der Waals surface area contributed by atoms with Gasteiger partial charge in [0.2, 0.25) is 0 Å². The topological polar surface area (TPSA) is 71.5 Å². The molecule has 0 saturated heterocycles. The first-order valence-corrected chi connectivity index (χ1v) is 11.1. The Hall–Kier alpha value is -3.28. The molecule has 3 aromatic carbocycles. The molecule has 1 heterocycles. The lowest BCUT2D eigenvalue weighted by atomic mass is 10.0. The zero-order valence-electron chi connectivity index (χ0n) is 18.9. The Morgan fingerprint density at radius 3 is 2.16 bits per heavy atom. The van der Waals surface area contributed by atoms with Crippen molar-refractivity contribution in [1.29, 1.82) is 0 Å². The number of amidine groups is 1. The summed E-state index contributed by atoms with van der Waals surface area (Å²) in [5, 5.41) is 3.52. The highest BCUT2D eigenvalue weighted by Crippen LogP contribution is 2.29. The molecule has 166 valence electrons. The third-order valence-corrected chi connectivity index (χ3v) is 5.71. The van der Waals surface area contributed by atoms with Gasteiger partial charge in [-0.15, -0.1) is 0 Å². The maximum absolute atomic E-state index is 5.00. The molecule has 1 aliphatic heterocycles. The monoisotopic (exact) mass is 428 g/mol. The van der Waals surface area contributed by atoms with Gasteiger partial charge in [0, 0.05) is 13.0 Å². The van der Waals surface area contributed by atoms with E-state index in [0.29, 0.717) is 6.42 Å². The van der Waals surface area contributed by atoms with E-state index in [1.807, 2.05) is 18.2 Å². The molecule has 4 rings (SSSR count).